The minimum absolute atomic E-state index is 0.0789. The summed E-state index contributed by atoms with van der Waals surface area (Å²) in [6.45, 7) is 0. The van der Waals surface area contributed by atoms with E-state index in [1.165, 1.54) is 13.2 Å². The lowest BCUT2D eigenvalue weighted by molar-refractivity contribution is 0.403. The van der Waals surface area contributed by atoms with Crippen LogP contribution in [0, 0.1) is 0 Å². The first-order valence-electron chi connectivity index (χ1n) is 7.82. The van der Waals surface area contributed by atoms with E-state index in [0.717, 1.165) is 17.5 Å². The molecule has 0 aliphatic heterocycles. The monoisotopic (exact) mass is 432 g/mol. The van der Waals surface area contributed by atoms with Crippen LogP contribution in [0.2, 0.25) is 0 Å². The van der Waals surface area contributed by atoms with Gasteiger partial charge in [0.1, 0.15) is 10.6 Å². The minimum Gasteiger partial charge on any atom is -0.495 e. The summed E-state index contributed by atoms with van der Waals surface area (Å²) in [6.07, 6.45) is 4.27. The van der Waals surface area contributed by atoms with Gasteiger partial charge in [-0.05, 0) is 60.0 Å². The van der Waals surface area contributed by atoms with Crippen LogP contribution >= 0.6 is 15.9 Å². The number of aromatic nitrogens is 1. The average Bonchev–Trinajstić information content (AvgIpc) is 2.64. The third kappa shape index (κ3) is 4.42. The molecule has 2 aromatic carbocycles. The minimum atomic E-state index is -3.76. The van der Waals surface area contributed by atoms with Crippen molar-refractivity contribution >= 4 is 31.6 Å². The topological polar surface area (TPSA) is 68.3 Å². The van der Waals surface area contributed by atoms with Gasteiger partial charge in [-0.25, -0.2) is 8.42 Å². The van der Waals surface area contributed by atoms with Gasteiger partial charge in [-0.1, -0.05) is 28.1 Å². The van der Waals surface area contributed by atoms with Crippen molar-refractivity contribution in [2.75, 3.05) is 11.8 Å². The van der Waals surface area contributed by atoms with Crippen LogP contribution in [0.1, 0.15) is 11.1 Å². The van der Waals surface area contributed by atoms with E-state index in [9.17, 15) is 8.42 Å². The molecule has 3 rings (SSSR count). The Labute approximate surface area is 161 Å². The summed E-state index contributed by atoms with van der Waals surface area (Å²) in [5, 5.41) is 0. The molecule has 0 amide bonds. The first-order chi connectivity index (χ1) is 12.5. The largest absolute Gasteiger partial charge is 0.495 e. The summed E-state index contributed by atoms with van der Waals surface area (Å²) in [5.41, 5.74) is 2.72. The number of ether oxygens (including phenoxy) is 1. The molecule has 7 heteroatoms. The number of benzene rings is 2. The Kier molecular flexibility index (Phi) is 5.58. The zero-order valence-corrected chi connectivity index (χ0v) is 16.4. The molecule has 0 bridgehead atoms. The van der Waals surface area contributed by atoms with Crippen molar-refractivity contribution in [2.45, 2.75) is 11.3 Å². The quantitative estimate of drug-likeness (QED) is 0.632. The number of hydrogen-bond donors (Lipinski definition) is 1. The van der Waals surface area contributed by atoms with Crippen LogP contribution in [0.3, 0.4) is 0 Å². The molecule has 0 unspecified atom stereocenters. The van der Waals surface area contributed by atoms with E-state index in [1.54, 1.807) is 36.7 Å². The van der Waals surface area contributed by atoms with E-state index in [4.69, 9.17) is 4.74 Å². The molecular formula is C19H17BrN2O3S. The third-order valence-electron chi connectivity index (χ3n) is 3.78. The standard InChI is InChI=1S/C19H17BrN2O3S/c1-25-18-7-4-16(20)13-19(18)26(23,24)22-17-5-2-14(3-6-17)12-15-8-10-21-11-9-15/h2-11,13,22H,12H2,1H3. The summed E-state index contributed by atoms with van der Waals surface area (Å²) in [7, 11) is -2.32. The van der Waals surface area contributed by atoms with Gasteiger partial charge in [0.05, 0.1) is 7.11 Å². The van der Waals surface area contributed by atoms with Crippen molar-refractivity contribution in [2.24, 2.45) is 0 Å². The Morgan fingerprint density at radius 3 is 2.31 bits per heavy atom. The molecule has 1 heterocycles. The first-order valence-corrected chi connectivity index (χ1v) is 10.1. The van der Waals surface area contributed by atoms with Gasteiger partial charge in [0.15, 0.2) is 0 Å². The fourth-order valence-corrected chi connectivity index (χ4v) is 4.26. The average molecular weight is 433 g/mol. The maximum Gasteiger partial charge on any atom is 0.265 e. The van der Waals surface area contributed by atoms with Gasteiger partial charge < -0.3 is 4.74 Å². The van der Waals surface area contributed by atoms with Crippen molar-refractivity contribution < 1.29 is 13.2 Å². The van der Waals surface area contributed by atoms with Crippen molar-refractivity contribution in [3.05, 3.63) is 82.6 Å². The molecular weight excluding hydrogens is 416 g/mol. The van der Waals surface area contributed by atoms with Crippen molar-refractivity contribution in [3.8, 4) is 5.75 Å². The van der Waals surface area contributed by atoms with Gasteiger partial charge in [0.25, 0.3) is 10.0 Å². The predicted molar refractivity (Wildman–Crippen MR) is 105 cm³/mol. The number of rotatable bonds is 6. The highest BCUT2D eigenvalue weighted by atomic mass is 79.9. The van der Waals surface area contributed by atoms with Crippen molar-refractivity contribution in [3.63, 3.8) is 0 Å². The van der Waals surface area contributed by atoms with E-state index >= 15 is 0 Å². The van der Waals surface area contributed by atoms with Crippen LogP contribution in [0.5, 0.6) is 5.75 Å². The lowest BCUT2D eigenvalue weighted by Gasteiger charge is -2.12. The lowest BCUT2D eigenvalue weighted by atomic mass is 10.1. The van der Waals surface area contributed by atoms with E-state index in [-0.39, 0.29) is 10.6 Å². The molecule has 0 saturated heterocycles. The second kappa shape index (κ2) is 7.88. The van der Waals surface area contributed by atoms with E-state index in [1.807, 2.05) is 24.3 Å². The Morgan fingerprint density at radius 2 is 1.65 bits per heavy atom. The summed E-state index contributed by atoms with van der Waals surface area (Å²) < 4.78 is 33.8. The molecule has 0 atom stereocenters. The number of methoxy groups -OCH3 is 1. The van der Waals surface area contributed by atoms with E-state index in [2.05, 4.69) is 25.6 Å². The first kappa shape index (κ1) is 18.4. The van der Waals surface area contributed by atoms with Gasteiger partial charge in [-0.3, -0.25) is 9.71 Å². The highest BCUT2D eigenvalue weighted by Gasteiger charge is 2.20. The maximum absolute atomic E-state index is 12.7. The van der Waals surface area contributed by atoms with Crippen molar-refractivity contribution in [1.82, 2.24) is 4.98 Å². The molecule has 0 radical (unpaired) electrons. The van der Waals surface area contributed by atoms with Crippen LogP contribution in [0.15, 0.2) is 76.4 Å². The number of sulfonamides is 1. The highest BCUT2D eigenvalue weighted by Crippen LogP contribution is 2.29. The molecule has 1 aromatic heterocycles. The Morgan fingerprint density at radius 1 is 1.00 bits per heavy atom. The zero-order valence-electron chi connectivity index (χ0n) is 14.0. The Balaban J connectivity index is 1.79. The zero-order chi connectivity index (χ0) is 18.6. The summed E-state index contributed by atoms with van der Waals surface area (Å²) in [4.78, 5) is 4.08. The molecule has 134 valence electrons. The molecule has 1 N–H and O–H groups in total. The SMILES string of the molecule is COc1ccc(Br)cc1S(=O)(=O)Nc1ccc(Cc2ccncc2)cc1. The van der Waals surface area contributed by atoms with Crippen LogP contribution in [0.4, 0.5) is 5.69 Å². The van der Waals surface area contributed by atoms with Crippen LogP contribution in [-0.4, -0.2) is 20.5 Å². The van der Waals surface area contributed by atoms with E-state index < -0.39 is 10.0 Å². The lowest BCUT2D eigenvalue weighted by Crippen LogP contribution is -2.14. The number of halogens is 1. The fourth-order valence-electron chi connectivity index (χ4n) is 2.50. The van der Waals surface area contributed by atoms with Crippen LogP contribution in [-0.2, 0) is 16.4 Å². The van der Waals surface area contributed by atoms with Gasteiger partial charge in [0.2, 0.25) is 0 Å². The smallest absolute Gasteiger partial charge is 0.265 e. The number of hydrogen-bond acceptors (Lipinski definition) is 4. The third-order valence-corrected chi connectivity index (χ3v) is 5.67. The summed E-state index contributed by atoms with van der Waals surface area (Å²) in [5.74, 6) is 0.287. The van der Waals surface area contributed by atoms with Crippen LogP contribution in [0.25, 0.3) is 0 Å². The second-order valence-electron chi connectivity index (χ2n) is 5.63. The molecule has 3 aromatic rings. The number of nitrogens with zero attached hydrogens (tertiary/aromatic N) is 1. The molecule has 0 aliphatic carbocycles. The van der Waals surface area contributed by atoms with Gasteiger partial charge in [-0.2, -0.15) is 0 Å². The second-order valence-corrected chi connectivity index (χ2v) is 8.20. The molecule has 26 heavy (non-hydrogen) atoms. The van der Waals surface area contributed by atoms with Gasteiger partial charge >= 0.3 is 0 Å². The highest BCUT2D eigenvalue weighted by molar-refractivity contribution is 9.10. The molecule has 0 aliphatic rings. The predicted octanol–water partition coefficient (Wildman–Crippen LogP) is 4.24. The molecule has 0 saturated carbocycles. The maximum atomic E-state index is 12.7. The normalized spacial score (nSPS) is 11.2. The van der Waals surface area contributed by atoms with E-state index in [0.29, 0.717) is 10.2 Å². The summed E-state index contributed by atoms with van der Waals surface area (Å²) in [6, 6.07) is 16.1. The number of pyridine rings is 1. The number of anilines is 1. The summed E-state index contributed by atoms with van der Waals surface area (Å²) >= 11 is 3.29. The fraction of sp³-hybridized carbons (Fsp3) is 0.105. The van der Waals surface area contributed by atoms with Crippen molar-refractivity contribution in [1.29, 1.82) is 0 Å². The molecule has 0 spiro atoms. The Bertz CT molecular complexity index is 991. The van der Waals surface area contributed by atoms with Crippen LogP contribution < -0.4 is 9.46 Å². The molecule has 0 fully saturated rings. The van der Waals surface area contributed by atoms with Gasteiger partial charge in [-0.15, -0.1) is 0 Å². The molecule has 5 nitrogen and oxygen atoms in total. The Hall–Kier alpha value is -2.38. The van der Waals surface area contributed by atoms with Gasteiger partial charge in [0, 0.05) is 22.6 Å². The number of nitrogens with one attached hydrogen (secondary N) is 1.